The van der Waals surface area contributed by atoms with Gasteiger partial charge in [0.05, 0.1) is 6.10 Å². The zero-order valence-electron chi connectivity index (χ0n) is 10.6. The number of alkyl carbamates (subject to hydrolysis) is 1. The number of carbonyl (C=O) groups is 1. The van der Waals surface area contributed by atoms with Crippen molar-refractivity contribution >= 4 is 6.09 Å². The number of aliphatic hydroxyl groups is 1. The van der Waals surface area contributed by atoms with E-state index in [2.05, 4.69) is 5.32 Å². The van der Waals surface area contributed by atoms with Crippen molar-refractivity contribution in [2.75, 3.05) is 0 Å². The van der Waals surface area contributed by atoms with Crippen molar-refractivity contribution in [3.8, 4) is 0 Å². The summed E-state index contributed by atoms with van der Waals surface area (Å²) in [7, 11) is 0. The van der Waals surface area contributed by atoms with Gasteiger partial charge >= 0.3 is 6.09 Å². The largest absolute Gasteiger partial charge is 0.444 e. The molecule has 1 aliphatic carbocycles. The summed E-state index contributed by atoms with van der Waals surface area (Å²) in [6, 6.07) is -0.0349. The van der Waals surface area contributed by atoms with Crippen molar-refractivity contribution in [3.63, 3.8) is 0 Å². The van der Waals surface area contributed by atoms with Crippen LogP contribution in [0.25, 0.3) is 0 Å². The van der Waals surface area contributed by atoms with Gasteiger partial charge in [-0.2, -0.15) is 0 Å². The molecule has 1 saturated carbocycles. The molecule has 0 radical (unpaired) electrons. The van der Waals surface area contributed by atoms with Crippen LogP contribution in [0, 0.1) is 5.92 Å². The molecule has 1 aliphatic rings. The van der Waals surface area contributed by atoms with E-state index in [1.54, 1.807) is 0 Å². The summed E-state index contributed by atoms with van der Waals surface area (Å²) in [5.41, 5.74) is -0.474. The Hall–Kier alpha value is -0.770. The van der Waals surface area contributed by atoms with Gasteiger partial charge in [0.1, 0.15) is 5.60 Å². The molecular weight excluding hydrogens is 206 g/mol. The van der Waals surface area contributed by atoms with E-state index in [1.165, 1.54) is 0 Å². The molecule has 0 aromatic carbocycles. The van der Waals surface area contributed by atoms with Crippen LogP contribution in [-0.2, 0) is 4.74 Å². The number of rotatable bonds is 2. The zero-order chi connectivity index (χ0) is 12.3. The van der Waals surface area contributed by atoms with E-state index in [0.29, 0.717) is 0 Å². The Morgan fingerprint density at radius 3 is 2.50 bits per heavy atom. The number of amides is 1. The first kappa shape index (κ1) is 13.3. The van der Waals surface area contributed by atoms with E-state index in [-0.39, 0.29) is 18.1 Å². The molecular formula is C12H23NO3. The molecule has 0 aromatic heterocycles. The van der Waals surface area contributed by atoms with Gasteiger partial charge in [-0.1, -0.05) is 6.42 Å². The fourth-order valence-electron chi connectivity index (χ4n) is 2.15. The van der Waals surface area contributed by atoms with E-state index >= 15 is 0 Å². The number of carbonyl (C=O) groups excluding carboxylic acids is 1. The summed E-state index contributed by atoms with van der Waals surface area (Å²) < 4.78 is 5.17. The number of hydrogen-bond donors (Lipinski definition) is 2. The maximum Gasteiger partial charge on any atom is 0.407 e. The summed E-state index contributed by atoms with van der Waals surface area (Å²) in [5, 5.41) is 12.5. The molecule has 0 unspecified atom stereocenters. The van der Waals surface area contributed by atoms with Crippen molar-refractivity contribution in [1.29, 1.82) is 0 Å². The summed E-state index contributed by atoms with van der Waals surface area (Å²) in [6.07, 6.45) is 2.15. The fourth-order valence-corrected chi connectivity index (χ4v) is 2.15. The molecule has 0 heterocycles. The SMILES string of the molecule is C[C@@H](NC(=O)OC(C)(C)C)[C@H]1CCC[C@H]1O. The Morgan fingerprint density at radius 1 is 1.44 bits per heavy atom. The maximum absolute atomic E-state index is 11.5. The van der Waals surface area contributed by atoms with E-state index in [9.17, 15) is 9.90 Å². The molecule has 4 heteroatoms. The Balaban J connectivity index is 2.39. The molecule has 1 rings (SSSR count). The molecule has 0 bridgehead atoms. The van der Waals surface area contributed by atoms with Crippen LogP contribution in [0.4, 0.5) is 4.79 Å². The van der Waals surface area contributed by atoms with E-state index in [0.717, 1.165) is 19.3 Å². The molecule has 3 atom stereocenters. The van der Waals surface area contributed by atoms with Crippen LogP contribution < -0.4 is 5.32 Å². The predicted octanol–water partition coefficient (Wildman–Crippen LogP) is 2.06. The number of hydrogen-bond acceptors (Lipinski definition) is 3. The number of nitrogens with one attached hydrogen (secondary N) is 1. The standard InChI is InChI=1S/C12H23NO3/c1-8(9-6-5-7-10(9)14)13-11(15)16-12(2,3)4/h8-10,14H,5-7H2,1-4H3,(H,13,15)/t8-,9-,10-/m1/s1. The third-order valence-corrected chi connectivity index (χ3v) is 2.92. The van der Waals surface area contributed by atoms with Gasteiger partial charge < -0.3 is 15.2 Å². The average Bonchev–Trinajstić information content (AvgIpc) is 2.47. The Labute approximate surface area is 97.4 Å². The summed E-state index contributed by atoms with van der Waals surface area (Å²) >= 11 is 0. The van der Waals surface area contributed by atoms with Crippen molar-refractivity contribution < 1.29 is 14.6 Å². The highest BCUT2D eigenvalue weighted by molar-refractivity contribution is 5.68. The highest BCUT2D eigenvalue weighted by atomic mass is 16.6. The van der Waals surface area contributed by atoms with Crippen LogP contribution in [0.2, 0.25) is 0 Å². The summed E-state index contributed by atoms with van der Waals surface area (Å²) in [4.78, 5) is 11.5. The van der Waals surface area contributed by atoms with Crippen molar-refractivity contribution in [3.05, 3.63) is 0 Å². The highest BCUT2D eigenvalue weighted by Gasteiger charge is 2.31. The van der Waals surface area contributed by atoms with Gasteiger partial charge in [0, 0.05) is 12.0 Å². The van der Waals surface area contributed by atoms with Crippen LogP contribution in [0.3, 0.4) is 0 Å². The zero-order valence-corrected chi connectivity index (χ0v) is 10.6. The first-order valence-corrected chi connectivity index (χ1v) is 5.97. The second-order valence-electron chi connectivity index (χ2n) is 5.60. The number of aliphatic hydroxyl groups excluding tert-OH is 1. The quantitative estimate of drug-likeness (QED) is 0.762. The van der Waals surface area contributed by atoms with E-state index < -0.39 is 11.7 Å². The lowest BCUT2D eigenvalue weighted by molar-refractivity contribution is 0.0452. The Morgan fingerprint density at radius 2 is 2.06 bits per heavy atom. The smallest absolute Gasteiger partial charge is 0.407 e. The van der Waals surface area contributed by atoms with Crippen molar-refractivity contribution in [2.24, 2.45) is 5.92 Å². The minimum Gasteiger partial charge on any atom is -0.444 e. The van der Waals surface area contributed by atoms with Gasteiger partial charge in [-0.3, -0.25) is 0 Å². The first-order valence-electron chi connectivity index (χ1n) is 5.97. The summed E-state index contributed by atoms with van der Waals surface area (Å²) in [6.45, 7) is 7.42. The predicted molar refractivity (Wildman–Crippen MR) is 62.2 cm³/mol. The van der Waals surface area contributed by atoms with Gasteiger partial charge in [-0.25, -0.2) is 4.79 Å². The molecule has 0 spiro atoms. The Kier molecular flexibility index (Phi) is 4.19. The first-order chi connectivity index (χ1) is 7.29. The average molecular weight is 229 g/mol. The van der Waals surface area contributed by atoms with Crippen molar-refractivity contribution in [1.82, 2.24) is 5.32 Å². The molecule has 0 aromatic rings. The van der Waals surface area contributed by atoms with E-state index in [1.807, 2.05) is 27.7 Å². The lowest BCUT2D eigenvalue weighted by Gasteiger charge is -2.26. The molecule has 2 N–H and O–H groups in total. The molecule has 0 saturated heterocycles. The molecule has 1 fully saturated rings. The van der Waals surface area contributed by atoms with Gasteiger partial charge in [0.25, 0.3) is 0 Å². The topological polar surface area (TPSA) is 58.6 Å². The molecule has 0 aliphatic heterocycles. The molecule has 94 valence electrons. The van der Waals surface area contributed by atoms with Crippen molar-refractivity contribution in [2.45, 2.75) is 64.7 Å². The lowest BCUT2D eigenvalue weighted by Crippen LogP contribution is -2.43. The molecule has 4 nitrogen and oxygen atoms in total. The fraction of sp³-hybridized carbons (Fsp3) is 0.917. The van der Waals surface area contributed by atoms with Gasteiger partial charge in [0.15, 0.2) is 0 Å². The van der Waals surface area contributed by atoms with Crippen LogP contribution >= 0.6 is 0 Å². The van der Waals surface area contributed by atoms with Gasteiger partial charge in [-0.05, 0) is 40.5 Å². The second-order valence-corrected chi connectivity index (χ2v) is 5.60. The van der Waals surface area contributed by atoms with Gasteiger partial charge in [0.2, 0.25) is 0 Å². The maximum atomic E-state index is 11.5. The summed E-state index contributed by atoms with van der Waals surface area (Å²) in [5.74, 6) is 0.160. The number of ether oxygens (including phenoxy) is 1. The highest BCUT2D eigenvalue weighted by Crippen LogP contribution is 2.28. The third kappa shape index (κ3) is 4.00. The van der Waals surface area contributed by atoms with Crippen LogP contribution in [0.1, 0.15) is 47.0 Å². The normalized spacial score (nSPS) is 27.6. The van der Waals surface area contributed by atoms with Gasteiger partial charge in [-0.15, -0.1) is 0 Å². The van der Waals surface area contributed by atoms with Crippen LogP contribution in [0.15, 0.2) is 0 Å². The van der Waals surface area contributed by atoms with Crippen LogP contribution in [-0.4, -0.2) is 28.9 Å². The third-order valence-electron chi connectivity index (χ3n) is 2.92. The monoisotopic (exact) mass is 229 g/mol. The molecule has 16 heavy (non-hydrogen) atoms. The minimum absolute atomic E-state index is 0.0349. The second kappa shape index (κ2) is 5.04. The lowest BCUT2D eigenvalue weighted by atomic mass is 9.98. The van der Waals surface area contributed by atoms with Crippen LogP contribution in [0.5, 0.6) is 0 Å². The van der Waals surface area contributed by atoms with E-state index in [4.69, 9.17) is 4.74 Å². The molecule has 1 amide bonds. The minimum atomic E-state index is -0.474. The Bertz CT molecular complexity index is 247.